The topological polar surface area (TPSA) is 15.3 Å². The molecule has 0 bridgehead atoms. The van der Waals surface area contributed by atoms with E-state index in [1.807, 2.05) is 0 Å². The molecule has 2 heteroatoms. The zero-order valence-electron chi connectivity index (χ0n) is 11.3. The van der Waals surface area contributed by atoms with Gasteiger partial charge >= 0.3 is 0 Å². The fourth-order valence-electron chi connectivity index (χ4n) is 2.61. The van der Waals surface area contributed by atoms with E-state index >= 15 is 0 Å². The maximum Gasteiger partial charge on any atom is 0.0192 e. The van der Waals surface area contributed by atoms with Gasteiger partial charge in [0, 0.05) is 12.6 Å². The van der Waals surface area contributed by atoms with Crippen molar-refractivity contribution in [2.75, 3.05) is 26.7 Å². The van der Waals surface area contributed by atoms with Gasteiger partial charge in [-0.3, -0.25) is 0 Å². The zero-order chi connectivity index (χ0) is 11.6. The van der Waals surface area contributed by atoms with Crippen LogP contribution in [0.1, 0.15) is 58.3 Å². The quantitative estimate of drug-likeness (QED) is 0.640. The minimum Gasteiger partial charge on any atom is -0.316 e. The molecule has 0 aromatic carbocycles. The van der Waals surface area contributed by atoms with E-state index < -0.39 is 0 Å². The fourth-order valence-corrected chi connectivity index (χ4v) is 2.61. The van der Waals surface area contributed by atoms with Crippen LogP contribution in [-0.4, -0.2) is 37.6 Å². The highest BCUT2D eigenvalue weighted by Gasteiger charge is 2.17. The molecule has 1 rings (SSSR count). The van der Waals surface area contributed by atoms with E-state index in [9.17, 15) is 0 Å². The van der Waals surface area contributed by atoms with Crippen molar-refractivity contribution in [3.63, 3.8) is 0 Å². The van der Waals surface area contributed by atoms with Gasteiger partial charge in [-0.25, -0.2) is 0 Å². The number of likely N-dealkylation sites (N-methyl/N-ethyl adjacent to an activating group) is 1. The first-order valence-corrected chi connectivity index (χ1v) is 7.26. The highest BCUT2D eigenvalue weighted by Crippen LogP contribution is 2.11. The van der Waals surface area contributed by atoms with Crippen LogP contribution in [0.5, 0.6) is 0 Å². The maximum atomic E-state index is 3.41. The molecule has 2 nitrogen and oxygen atoms in total. The highest BCUT2D eigenvalue weighted by molar-refractivity contribution is 4.76. The van der Waals surface area contributed by atoms with Crippen molar-refractivity contribution in [3.05, 3.63) is 0 Å². The summed E-state index contributed by atoms with van der Waals surface area (Å²) in [6, 6.07) is 0.744. The molecule has 1 aliphatic rings. The van der Waals surface area contributed by atoms with Crippen molar-refractivity contribution < 1.29 is 0 Å². The van der Waals surface area contributed by atoms with Gasteiger partial charge in [-0.15, -0.1) is 0 Å². The van der Waals surface area contributed by atoms with Crippen molar-refractivity contribution >= 4 is 0 Å². The zero-order valence-corrected chi connectivity index (χ0v) is 11.3. The first-order valence-electron chi connectivity index (χ1n) is 7.26. The lowest BCUT2D eigenvalue weighted by Crippen LogP contribution is -2.44. The van der Waals surface area contributed by atoms with Gasteiger partial charge in [0.15, 0.2) is 0 Å². The summed E-state index contributed by atoms with van der Waals surface area (Å²) in [7, 11) is 2.10. The molecule has 96 valence electrons. The molecule has 0 amide bonds. The molecule has 1 atom stereocenters. The number of piperidine rings is 1. The molecular weight excluding hydrogens is 196 g/mol. The average Bonchev–Trinajstić information content (AvgIpc) is 2.34. The van der Waals surface area contributed by atoms with Crippen molar-refractivity contribution in [2.45, 2.75) is 64.3 Å². The van der Waals surface area contributed by atoms with Gasteiger partial charge in [0.1, 0.15) is 0 Å². The number of rotatable bonds is 8. The summed E-state index contributed by atoms with van der Waals surface area (Å²) >= 11 is 0. The molecule has 1 unspecified atom stereocenters. The van der Waals surface area contributed by atoms with E-state index in [0.29, 0.717) is 0 Å². The van der Waals surface area contributed by atoms with Crippen LogP contribution in [0.25, 0.3) is 0 Å². The Hall–Kier alpha value is -0.0800. The third kappa shape index (κ3) is 5.86. The van der Waals surface area contributed by atoms with Crippen molar-refractivity contribution in [3.8, 4) is 0 Å². The summed E-state index contributed by atoms with van der Waals surface area (Å²) in [5.41, 5.74) is 0. The average molecular weight is 226 g/mol. The molecule has 0 aromatic heterocycles. The van der Waals surface area contributed by atoms with Crippen LogP contribution in [0.2, 0.25) is 0 Å². The lowest BCUT2D eigenvalue weighted by molar-refractivity contribution is 0.192. The first-order chi connectivity index (χ1) is 7.86. The van der Waals surface area contributed by atoms with E-state index in [1.54, 1.807) is 0 Å². The van der Waals surface area contributed by atoms with Gasteiger partial charge in [-0.1, -0.05) is 39.0 Å². The lowest BCUT2D eigenvalue weighted by Gasteiger charge is -2.32. The summed E-state index contributed by atoms with van der Waals surface area (Å²) in [5.74, 6) is 0. The van der Waals surface area contributed by atoms with E-state index in [4.69, 9.17) is 0 Å². The minimum atomic E-state index is 0.744. The van der Waals surface area contributed by atoms with Crippen LogP contribution in [0.3, 0.4) is 0 Å². The SMILES string of the molecule is CCCCCCCCN1CCCC(NC)C1. The minimum absolute atomic E-state index is 0.744. The molecule has 1 N–H and O–H groups in total. The fraction of sp³-hybridized carbons (Fsp3) is 1.00. The van der Waals surface area contributed by atoms with Crippen LogP contribution < -0.4 is 5.32 Å². The largest absolute Gasteiger partial charge is 0.316 e. The molecule has 1 fully saturated rings. The summed E-state index contributed by atoms with van der Waals surface area (Å²) in [6.45, 7) is 6.20. The molecule has 1 saturated heterocycles. The van der Waals surface area contributed by atoms with E-state index in [2.05, 4.69) is 24.2 Å². The smallest absolute Gasteiger partial charge is 0.0192 e. The Morgan fingerprint density at radius 2 is 1.88 bits per heavy atom. The van der Waals surface area contributed by atoms with Gasteiger partial charge in [0.2, 0.25) is 0 Å². The van der Waals surface area contributed by atoms with Crippen molar-refractivity contribution in [2.24, 2.45) is 0 Å². The second kappa shape index (κ2) is 9.00. The number of nitrogens with one attached hydrogen (secondary N) is 1. The monoisotopic (exact) mass is 226 g/mol. The Balaban J connectivity index is 1.95. The van der Waals surface area contributed by atoms with Crippen LogP contribution in [0.15, 0.2) is 0 Å². The number of likely N-dealkylation sites (tertiary alicyclic amines) is 1. The van der Waals surface area contributed by atoms with E-state index in [-0.39, 0.29) is 0 Å². The third-order valence-electron chi connectivity index (χ3n) is 3.74. The molecule has 1 aliphatic heterocycles. The van der Waals surface area contributed by atoms with E-state index in [1.165, 1.54) is 71.0 Å². The van der Waals surface area contributed by atoms with Crippen LogP contribution >= 0.6 is 0 Å². The normalized spacial score (nSPS) is 22.5. The Morgan fingerprint density at radius 1 is 1.12 bits per heavy atom. The molecular formula is C14H30N2. The summed E-state index contributed by atoms with van der Waals surface area (Å²) < 4.78 is 0. The number of hydrogen-bond donors (Lipinski definition) is 1. The Labute approximate surface area is 102 Å². The van der Waals surface area contributed by atoms with Gasteiger partial charge in [0.05, 0.1) is 0 Å². The van der Waals surface area contributed by atoms with Crippen molar-refractivity contribution in [1.29, 1.82) is 0 Å². The van der Waals surface area contributed by atoms with E-state index in [0.717, 1.165) is 6.04 Å². The highest BCUT2D eigenvalue weighted by atomic mass is 15.2. The van der Waals surface area contributed by atoms with Gasteiger partial charge in [-0.05, 0) is 39.4 Å². The predicted molar refractivity (Wildman–Crippen MR) is 71.9 cm³/mol. The molecule has 0 radical (unpaired) electrons. The number of unbranched alkanes of at least 4 members (excludes halogenated alkanes) is 5. The van der Waals surface area contributed by atoms with Gasteiger partial charge < -0.3 is 10.2 Å². The molecule has 0 saturated carbocycles. The summed E-state index contributed by atoms with van der Waals surface area (Å²) in [6.07, 6.45) is 11.2. The molecule has 1 heterocycles. The molecule has 0 aliphatic carbocycles. The van der Waals surface area contributed by atoms with Crippen molar-refractivity contribution in [1.82, 2.24) is 10.2 Å². The van der Waals surface area contributed by atoms with Gasteiger partial charge in [-0.2, -0.15) is 0 Å². The van der Waals surface area contributed by atoms with Crippen LogP contribution in [0.4, 0.5) is 0 Å². The summed E-state index contributed by atoms with van der Waals surface area (Å²) in [4.78, 5) is 2.64. The number of nitrogens with zero attached hydrogens (tertiary/aromatic N) is 1. The number of hydrogen-bond acceptors (Lipinski definition) is 2. The standard InChI is InChI=1S/C14H30N2/c1-3-4-5-6-7-8-11-16-12-9-10-14(13-16)15-2/h14-15H,3-13H2,1-2H3. The van der Waals surface area contributed by atoms with Crippen LogP contribution in [0, 0.1) is 0 Å². The third-order valence-corrected chi connectivity index (χ3v) is 3.74. The Morgan fingerprint density at radius 3 is 2.62 bits per heavy atom. The first kappa shape index (κ1) is 14.0. The second-order valence-electron chi connectivity index (χ2n) is 5.20. The van der Waals surface area contributed by atoms with Crippen LogP contribution in [-0.2, 0) is 0 Å². The van der Waals surface area contributed by atoms with Gasteiger partial charge in [0.25, 0.3) is 0 Å². The second-order valence-corrected chi connectivity index (χ2v) is 5.20. The Bertz CT molecular complexity index is 159. The molecule has 16 heavy (non-hydrogen) atoms. The maximum absolute atomic E-state index is 3.41. The molecule has 0 spiro atoms. The lowest BCUT2D eigenvalue weighted by atomic mass is 10.1. The molecule has 0 aromatic rings. The predicted octanol–water partition coefficient (Wildman–Crippen LogP) is 3.03. The summed E-state index contributed by atoms with van der Waals surface area (Å²) in [5, 5.41) is 3.41. The Kier molecular flexibility index (Phi) is 7.87.